The number of hydrogen-bond acceptors (Lipinski definition) is 5. The van der Waals surface area contributed by atoms with Crippen LogP contribution in [0.3, 0.4) is 0 Å². The van der Waals surface area contributed by atoms with E-state index in [0.29, 0.717) is 24.9 Å². The molecule has 22 heavy (non-hydrogen) atoms. The molecule has 1 aliphatic rings. The van der Waals surface area contributed by atoms with Gasteiger partial charge in [-0.2, -0.15) is 0 Å². The minimum Gasteiger partial charge on any atom is -0.476 e. The van der Waals surface area contributed by atoms with Crippen LogP contribution in [0.1, 0.15) is 39.3 Å². The summed E-state index contributed by atoms with van der Waals surface area (Å²) in [5.41, 5.74) is 0.319. The van der Waals surface area contributed by atoms with Crippen molar-refractivity contribution < 1.29 is 14.3 Å². The molecule has 2 rings (SSSR count). The largest absolute Gasteiger partial charge is 0.476 e. The van der Waals surface area contributed by atoms with E-state index in [1.165, 1.54) is 0 Å². The highest BCUT2D eigenvalue weighted by molar-refractivity contribution is 5.68. The number of carbonyl (C=O) groups is 1. The molecule has 0 spiro atoms. The van der Waals surface area contributed by atoms with Crippen molar-refractivity contribution in [1.29, 1.82) is 0 Å². The smallest absolute Gasteiger partial charge is 0.410 e. The zero-order valence-corrected chi connectivity index (χ0v) is 13.8. The van der Waals surface area contributed by atoms with Crippen molar-refractivity contribution in [1.82, 2.24) is 14.9 Å². The Hall–Kier alpha value is -1.85. The SMILES string of the molecule is Cc1nccnc1OC[C@@H]1CCCN(C(=O)OC(C)(C)C)C1. The summed E-state index contributed by atoms with van der Waals surface area (Å²) in [4.78, 5) is 22.2. The molecule has 1 fully saturated rings. The first-order chi connectivity index (χ1) is 10.3. The molecule has 0 N–H and O–H groups in total. The number of likely N-dealkylation sites (tertiary alicyclic amines) is 1. The van der Waals surface area contributed by atoms with Crippen molar-refractivity contribution in [2.45, 2.75) is 46.1 Å². The quantitative estimate of drug-likeness (QED) is 0.859. The van der Waals surface area contributed by atoms with Gasteiger partial charge in [-0.05, 0) is 40.5 Å². The fraction of sp³-hybridized carbons (Fsp3) is 0.688. The minimum atomic E-state index is -0.461. The van der Waals surface area contributed by atoms with Crippen LogP contribution in [-0.4, -0.2) is 46.3 Å². The third kappa shape index (κ3) is 4.86. The van der Waals surface area contributed by atoms with E-state index < -0.39 is 5.60 Å². The zero-order chi connectivity index (χ0) is 16.2. The van der Waals surface area contributed by atoms with Crippen LogP contribution < -0.4 is 4.74 Å². The van der Waals surface area contributed by atoms with Crippen molar-refractivity contribution in [3.05, 3.63) is 18.1 Å². The van der Waals surface area contributed by atoms with Crippen LogP contribution in [-0.2, 0) is 4.74 Å². The first-order valence-electron chi connectivity index (χ1n) is 7.73. The molecule has 0 bridgehead atoms. The predicted octanol–water partition coefficient (Wildman–Crippen LogP) is 2.81. The number of piperidine rings is 1. The van der Waals surface area contributed by atoms with Gasteiger partial charge >= 0.3 is 6.09 Å². The average molecular weight is 307 g/mol. The lowest BCUT2D eigenvalue weighted by molar-refractivity contribution is 0.0138. The Morgan fingerprint density at radius 1 is 1.36 bits per heavy atom. The van der Waals surface area contributed by atoms with Gasteiger partial charge in [-0.1, -0.05) is 0 Å². The lowest BCUT2D eigenvalue weighted by atomic mass is 9.99. The summed E-state index contributed by atoms with van der Waals surface area (Å²) in [5, 5.41) is 0. The number of hydrogen-bond donors (Lipinski definition) is 0. The van der Waals surface area contributed by atoms with E-state index in [0.717, 1.165) is 25.1 Å². The lowest BCUT2D eigenvalue weighted by Gasteiger charge is -2.33. The van der Waals surface area contributed by atoms with E-state index >= 15 is 0 Å². The van der Waals surface area contributed by atoms with E-state index in [2.05, 4.69) is 9.97 Å². The van der Waals surface area contributed by atoms with Crippen molar-refractivity contribution >= 4 is 6.09 Å². The Morgan fingerprint density at radius 2 is 2.09 bits per heavy atom. The highest BCUT2D eigenvalue weighted by atomic mass is 16.6. The molecular weight excluding hydrogens is 282 g/mol. The normalized spacial score (nSPS) is 18.9. The second-order valence-electron chi connectivity index (χ2n) is 6.69. The number of ether oxygens (including phenoxy) is 2. The van der Waals surface area contributed by atoms with E-state index in [1.807, 2.05) is 27.7 Å². The average Bonchev–Trinajstić information content (AvgIpc) is 2.45. The molecule has 0 saturated carbocycles. The zero-order valence-electron chi connectivity index (χ0n) is 13.8. The van der Waals surface area contributed by atoms with Crippen LogP contribution in [0.15, 0.2) is 12.4 Å². The Kier molecular flexibility index (Phi) is 5.21. The molecule has 1 amide bonds. The third-order valence-electron chi connectivity index (χ3n) is 3.46. The van der Waals surface area contributed by atoms with Crippen LogP contribution in [0.4, 0.5) is 4.79 Å². The van der Waals surface area contributed by atoms with E-state index in [9.17, 15) is 4.79 Å². The molecule has 1 aromatic rings. The molecule has 1 aromatic heterocycles. The van der Waals surface area contributed by atoms with Crippen LogP contribution in [0.25, 0.3) is 0 Å². The summed E-state index contributed by atoms with van der Waals surface area (Å²) < 4.78 is 11.2. The molecule has 0 unspecified atom stereocenters. The van der Waals surface area contributed by atoms with Gasteiger partial charge in [0.2, 0.25) is 5.88 Å². The Morgan fingerprint density at radius 3 is 2.77 bits per heavy atom. The van der Waals surface area contributed by atoms with Gasteiger partial charge in [-0.15, -0.1) is 0 Å². The van der Waals surface area contributed by atoms with Crippen molar-refractivity contribution in [2.24, 2.45) is 5.92 Å². The second kappa shape index (κ2) is 6.94. The fourth-order valence-corrected chi connectivity index (χ4v) is 2.43. The molecule has 6 heteroatoms. The summed E-state index contributed by atoms with van der Waals surface area (Å²) in [5.74, 6) is 0.861. The Bertz CT molecular complexity index is 514. The fourth-order valence-electron chi connectivity index (χ4n) is 2.43. The van der Waals surface area contributed by atoms with Crippen molar-refractivity contribution in [2.75, 3.05) is 19.7 Å². The minimum absolute atomic E-state index is 0.243. The van der Waals surface area contributed by atoms with Crippen LogP contribution >= 0.6 is 0 Å². The molecule has 1 atom stereocenters. The summed E-state index contributed by atoms with van der Waals surface area (Å²) in [6.07, 6.45) is 5.03. The Balaban J connectivity index is 1.86. The van der Waals surface area contributed by atoms with Gasteiger partial charge in [0.15, 0.2) is 0 Å². The van der Waals surface area contributed by atoms with Gasteiger partial charge < -0.3 is 14.4 Å². The first kappa shape index (κ1) is 16.5. The number of amides is 1. The maximum Gasteiger partial charge on any atom is 0.410 e. The number of rotatable bonds is 3. The molecule has 6 nitrogen and oxygen atoms in total. The van der Waals surface area contributed by atoms with Crippen molar-refractivity contribution in [3.8, 4) is 5.88 Å². The van der Waals surface area contributed by atoms with E-state index in [4.69, 9.17) is 9.47 Å². The summed E-state index contributed by atoms with van der Waals surface area (Å²) in [6, 6.07) is 0. The molecule has 0 radical (unpaired) electrons. The van der Waals surface area contributed by atoms with Crippen LogP contribution in [0.2, 0.25) is 0 Å². The van der Waals surface area contributed by atoms with Crippen LogP contribution in [0.5, 0.6) is 5.88 Å². The van der Waals surface area contributed by atoms with Gasteiger partial charge in [0.25, 0.3) is 0 Å². The molecule has 1 saturated heterocycles. The topological polar surface area (TPSA) is 64.6 Å². The summed E-state index contributed by atoms with van der Waals surface area (Å²) in [6.45, 7) is 9.46. The maximum atomic E-state index is 12.1. The molecule has 2 heterocycles. The molecule has 1 aliphatic heterocycles. The van der Waals surface area contributed by atoms with E-state index in [-0.39, 0.29) is 6.09 Å². The van der Waals surface area contributed by atoms with Gasteiger partial charge in [0, 0.05) is 31.4 Å². The standard InChI is InChI=1S/C16H25N3O3/c1-12-14(18-8-7-17-12)21-11-13-6-5-9-19(10-13)15(20)22-16(2,3)4/h7-8,13H,5-6,9-11H2,1-4H3/t13-/m1/s1. The molecule has 0 aromatic carbocycles. The van der Waals surface area contributed by atoms with Gasteiger partial charge in [0.05, 0.1) is 12.3 Å². The summed E-state index contributed by atoms with van der Waals surface area (Å²) >= 11 is 0. The van der Waals surface area contributed by atoms with Crippen LogP contribution in [0, 0.1) is 12.8 Å². The molecular formula is C16H25N3O3. The van der Waals surface area contributed by atoms with E-state index in [1.54, 1.807) is 17.3 Å². The molecule has 0 aliphatic carbocycles. The Labute approximate surface area is 131 Å². The number of carbonyl (C=O) groups excluding carboxylic acids is 1. The third-order valence-corrected chi connectivity index (χ3v) is 3.46. The van der Waals surface area contributed by atoms with Gasteiger partial charge in [-0.25, -0.2) is 9.78 Å². The lowest BCUT2D eigenvalue weighted by Crippen LogP contribution is -2.44. The second-order valence-corrected chi connectivity index (χ2v) is 6.69. The number of aromatic nitrogens is 2. The number of nitrogens with zero attached hydrogens (tertiary/aromatic N) is 3. The highest BCUT2D eigenvalue weighted by Crippen LogP contribution is 2.20. The first-order valence-corrected chi connectivity index (χ1v) is 7.73. The number of aryl methyl sites for hydroxylation is 1. The monoisotopic (exact) mass is 307 g/mol. The van der Waals surface area contributed by atoms with Crippen molar-refractivity contribution in [3.63, 3.8) is 0 Å². The van der Waals surface area contributed by atoms with Gasteiger partial charge in [-0.3, -0.25) is 4.98 Å². The predicted molar refractivity (Wildman–Crippen MR) is 82.8 cm³/mol. The highest BCUT2D eigenvalue weighted by Gasteiger charge is 2.28. The van der Waals surface area contributed by atoms with Gasteiger partial charge in [0.1, 0.15) is 5.60 Å². The maximum absolute atomic E-state index is 12.1. The summed E-state index contributed by atoms with van der Waals surface area (Å²) in [7, 11) is 0. The molecule has 122 valence electrons.